The smallest absolute Gasteiger partial charge is 0.253 e. The molecule has 2 aromatic carbocycles. The number of nitrogens with zero attached hydrogens (tertiary/aromatic N) is 1. The monoisotopic (exact) mass is 282 g/mol. The highest BCUT2D eigenvalue weighted by atomic mass is 16.2. The third-order valence-electron chi connectivity index (χ3n) is 3.56. The van der Waals surface area contributed by atoms with Crippen LogP contribution in [0.25, 0.3) is 0 Å². The van der Waals surface area contributed by atoms with Gasteiger partial charge in [-0.05, 0) is 49.1 Å². The van der Waals surface area contributed by atoms with Gasteiger partial charge in [0.1, 0.15) is 0 Å². The molecule has 0 bridgehead atoms. The topological polar surface area (TPSA) is 46.3 Å². The SMILES string of the molecule is CN(CCCCc1ccccc1)C(=O)c1ccc(N)cc1. The van der Waals surface area contributed by atoms with Gasteiger partial charge in [0, 0.05) is 24.8 Å². The van der Waals surface area contributed by atoms with Gasteiger partial charge in [-0.2, -0.15) is 0 Å². The van der Waals surface area contributed by atoms with E-state index in [9.17, 15) is 4.79 Å². The van der Waals surface area contributed by atoms with Gasteiger partial charge < -0.3 is 10.6 Å². The van der Waals surface area contributed by atoms with Crippen LogP contribution < -0.4 is 5.73 Å². The first-order valence-electron chi connectivity index (χ1n) is 7.32. The summed E-state index contributed by atoms with van der Waals surface area (Å²) in [5.41, 5.74) is 8.35. The lowest BCUT2D eigenvalue weighted by Gasteiger charge is -2.17. The summed E-state index contributed by atoms with van der Waals surface area (Å²) in [4.78, 5) is 14.0. The molecule has 3 heteroatoms. The van der Waals surface area contributed by atoms with Crippen LogP contribution in [0, 0.1) is 0 Å². The number of carbonyl (C=O) groups is 1. The van der Waals surface area contributed by atoms with Gasteiger partial charge in [-0.3, -0.25) is 4.79 Å². The Hall–Kier alpha value is -2.29. The van der Waals surface area contributed by atoms with Crippen molar-refractivity contribution in [2.24, 2.45) is 0 Å². The molecule has 0 fully saturated rings. The van der Waals surface area contributed by atoms with Gasteiger partial charge >= 0.3 is 0 Å². The standard InChI is InChI=1S/C18H22N2O/c1-20(18(21)16-10-12-17(19)13-11-16)14-6-5-9-15-7-3-2-4-8-15/h2-4,7-8,10-13H,5-6,9,14,19H2,1H3. The summed E-state index contributed by atoms with van der Waals surface area (Å²) in [6, 6.07) is 17.5. The number of unbranched alkanes of at least 4 members (excludes halogenated alkanes) is 1. The molecule has 0 unspecified atom stereocenters. The van der Waals surface area contributed by atoms with E-state index in [0.717, 1.165) is 25.8 Å². The fraction of sp³-hybridized carbons (Fsp3) is 0.278. The molecule has 0 aliphatic heterocycles. The first kappa shape index (κ1) is 15.1. The van der Waals surface area contributed by atoms with Crippen LogP contribution in [0.4, 0.5) is 5.69 Å². The molecular weight excluding hydrogens is 260 g/mol. The van der Waals surface area contributed by atoms with E-state index in [-0.39, 0.29) is 5.91 Å². The Morgan fingerprint density at radius 1 is 1.00 bits per heavy atom. The largest absolute Gasteiger partial charge is 0.399 e. The van der Waals surface area contributed by atoms with E-state index in [2.05, 4.69) is 24.3 Å². The fourth-order valence-corrected chi connectivity index (χ4v) is 2.27. The molecule has 0 atom stereocenters. The molecule has 0 radical (unpaired) electrons. The molecule has 2 aromatic rings. The molecule has 0 spiro atoms. The fourth-order valence-electron chi connectivity index (χ4n) is 2.27. The van der Waals surface area contributed by atoms with Crippen molar-refractivity contribution in [2.75, 3.05) is 19.3 Å². The predicted octanol–water partition coefficient (Wildman–Crippen LogP) is 3.36. The summed E-state index contributed by atoms with van der Waals surface area (Å²) < 4.78 is 0. The predicted molar refractivity (Wildman–Crippen MR) is 87.2 cm³/mol. The second kappa shape index (κ2) is 7.48. The maximum absolute atomic E-state index is 12.2. The third-order valence-corrected chi connectivity index (χ3v) is 3.56. The maximum atomic E-state index is 12.2. The number of benzene rings is 2. The highest BCUT2D eigenvalue weighted by molar-refractivity contribution is 5.94. The molecule has 0 heterocycles. The van der Waals surface area contributed by atoms with E-state index in [0.29, 0.717) is 11.3 Å². The van der Waals surface area contributed by atoms with Crippen LogP contribution in [0.1, 0.15) is 28.8 Å². The summed E-state index contributed by atoms with van der Waals surface area (Å²) in [6.07, 6.45) is 3.15. The van der Waals surface area contributed by atoms with Gasteiger partial charge in [0.05, 0.1) is 0 Å². The van der Waals surface area contributed by atoms with E-state index in [1.54, 1.807) is 29.2 Å². The molecule has 0 aromatic heterocycles. The van der Waals surface area contributed by atoms with Crippen LogP contribution in [-0.4, -0.2) is 24.4 Å². The second-order valence-electron chi connectivity index (χ2n) is 5.29. The number of amides is 1. The number of rotatable bonds is 6. The Morgan fingerprint density at radius 3 is 2.33 bits per heavy atom. The summed E-state index contributed by atoms with van der Waals surface area (Å²) >= 11 is 0. The molecule has 2 rings (SSSR count). The molecule has 1 amide bonds. The molecule has 0 saturated carbocycles. The average molecular weight is 282 g/mol. The first-order valence-corrected chi connectivity index (χ1v) is 7.32. The number of hydrogen-bond acceptors (Lipinski definition) is 2. The Kier molecular flexibility index (Phi) is 5.38. The number of nitrogens with two attached hydrogens (primary N) is 1. The van der Waals surface area contributed by atoms with Crippen molar-refractivity contribution >= 4 is 11.6 Å². The highest BCUT2D eigenvalue weighted by Crippen LogP contribution is 2.09. The number of hydrogen-bond donors (Lipinski definition) is 1. The van der Waals surface area contributed by atoms with E-state index < -0.39 is 0 Å². The molecule has 110 valence electrons. The normalized spacial score (nSPS) is 10.3. The summed E-state index contributed by atoms with van der Waals surface area (Å²) in [7, 11) is 1.85. The zero-order valence-corrected chi connectivity index (χ0v) is 12.5. The van der Waals surface area contributed by atoms with Crippen molar-refractivity contribution in [1.29, 1.82) is 0 Å². The zero-order valence-electron chi connectivity index (χ0n) is 12.5. The highest BCUT2D eigenvalue weighted by Gasteiger charge is 2.10. The Labute approximate surface area is 126 Å². The summed E-state index contributed by atoms with van der Waals surface area (Å²) in [6.45, 7) is 0.774. The second-order valence-corrected chi connectivity index (χ2v) is 5.29. The van der Waals surface area contributed by atoms with Crippen LogP contribution in [-0.2, 0) is 6.42 Å². The van der Waals surface area contributed by atoms with Gasteiger partial charge in [0.2, 0.25) is 0 Å². The Bertz CT molecular complexity index is 564. The van der Waals surface area contributed by atoms with Crippen LogP contribution in [0.15, 0.2) is 54.6 Å². The molecule has 0 aliphatic carbocycles. The van der Waals surface area contributed by atoms with E-state index in [1.165, 1.54) is 5.56 Å². The van der Waals surface area contributed by atoms with Crippen molar-refractivity contribution < 1.29 is 4.79 Å². The van der Waals surface area contributed by atoms with Gasteiger partial charge in [-0.25, -0.2) is 0 Å². The van der Waals surface area contributed by atoms with E-state index in [4.69, 9.17) is 5.73 Å². The minimum Gasteiger partial charge on any atom is -0.399 e. The lowest BCUT2D eigenvalue weighted by Crippen LogP contribution is -2.27. The van der Waals surface area contributed by atoms with Crippen LogP contribution in [0.2, 0.25) is 0 Å². The summed E-state index contributed by atoms with van der Waals surface area (Å²) in [5, 5.41) is 0. The summed E-state index contributed by atoms with van der Waals surface area (Å²) in [5.74, 6) is 0.0507. The lowest BCUT2D eigenvalue weighted by atomic mass is 10.1. The van der Waals surface area contributed by atoms with Crippen molar-refractivity contribution in [3.63, 3.8) is 0 Å². The van der Waals surface area contributed by atoms with Crippen LogP contribution >= 0.6 is 0 Å². The van der Waals surface area contributed by atoms with Crippen molar-refractivity contribution in [2.45, 2.75) is 19.3 Å². The Morgan fingerprint density at radius 2 is 1.67 bits per heavy atom. The minimum atomic E-state index is 0.0507. The number of carbonyl (C=O) groups excluding carboxylic acids is 1. The molecule has 21 heavy (non-hydrogen) atoms. The van der Waals surface area contributed by atoms with Crippen molar-refractivity contribution in [3.05, 3.63) is 65.7 Å². The Balaban J connectivity index is 1.75. The molecule has 0 saturated heterocycles. The molecule has 0 aliphatic rings. The van der Waals surface area contributed by atoms with Gasteiger partial charge in [-0.15, -0.1) is 0 Å². The first-order chi connectivity index (χ1) is 10.2. The van der Waals surface area contributed by atoms with Gasteiger partial charge in [0.25, 0.3) is 5.91 Å². The lowest BCUT2D eigenvalue weighted by molar-refractivity contribution is 0.0793. The van der Waals surface area contributed by atoms with Gasteiger partial charge in [-0.1, -0.05) is 30.3 Å². The van der Waals surface area contributed by atoms with Crippen LogP contribution in [0.3, 0.4) is 0 Å². The van der Waals surface area contributed by atoms with Crippen LogP contribution in [0.5, 0.6) is 0 Å². The third kappa shape index (κ3) is 4.63. The van der Waals surface area contributed by atoms with Gasteiger partial charge in [0.15, 0.2) is 0 Å². The molecule has 3 nitrogen and oxygen atoms in total. The number of anilines is 1. The van der Waals surface area contributed by atoms with Crippen molar-refractivity contribution in [3.8, 4) is 0 Å². The van der Waals surface area contributed by atoms with E-state index >= 15 is 0 Å². The quantitative estimate of drug-likeness (QED) is 0.652. The molecule has 2 N–H and O–H groups in total. The minimum absolute atomic E-state index is 0.0507. The average Bonchev–Trinajstić information content (AvgIpc) is 2.52. The zero-order chi connectivity index (χ0) is 15.1. The maximum Gasteiger partial charge on any atom is 0.253 e. The number of aryl methyl sites for hydroxylation is 1. The van der Waals surface area contributed by atoms with E-state index in [1.807, 2.05) is 13.1 Å². The molecular formula is C18H22N2O. The number of nitrogen functional groups attached to an aromatic ring is 1. The van der Waals surface area contributed by atoms with Crippen molar-refractivity contribution in [1.82, 2.24) is 4.90 Å².